The number of rotatable bonds is 6. The smallest absolute Gasteiger partial charge is 0.226 e. The predicted molar refractivity (Wildman–Crippen MR) is 174 cm³/mol. The van der Waals surface area contributed by atoms with Gasteiger partial charge in [-0.2, -0.15) is 5.10 Å². The largest absolute Gasteiger partial charge is 0.474 e. The van der Waals surface area contributed by atoms with Gasteiger partial charge in [-0.1, -0.05) is 121 Å². The Balaban J connectivity index is 1.55. The van der Waals surface area contributed by atoms with E-state index < -0.39 is 5.54 Å². The molecule has 6 aromatic rings. The summed E-state index contributed by atoms with van der Waals surface area (Å²) in [5.41, 5.74) is 4.53. The first kappa shape index (κ1) is 27.9. The molecule has 0 radical (unpaired) electrons. The Morgan fingerprint density at radius 3 is 1.89 bits per heavy atom. The molecule has 216 valence electrons. The van der Waals surface area contributed by atoms with Gasteiger partial charge in [-0.05, 0) is 40.8 Å². The van der Waals surface area contributed by atoms with Crippen molar-refractivity contribution >= 4 is 22.5 Å². The molecule has 0 amide bonds. The van der Waals surface area contributed by atoms with E-state index in [1.54, 1.807) is 6.20 Å². The lowest BCUT2D eigenvalue weighted by molar-refractivity contribution is 0.0244. The number of hydrogen-bond acceptors (Lipinski definition) is 4. The van der Waals surface area contributed by atoms with Gasteiger partial charge in [0.05, 0.1) is 29.1 Å². The molecule has 1 aliphatic heterocycles. The molecule has 0 N–H and O–H groups in total. The van der Waals surface area contributed by atoms with Gasteiger partial charge in [-0.15, -0.1) is 0 Å². The molecule has 7 rings (SSSR count). The van der Waals surface area contributed by atoms with Crippen LogP contribution in [-0.4, -0.2) is 34.1 Å². The summed E-state index contributed by atoms with van der Waals surface area (Å²) in [5.74, 6) is 7.15. The van der Waals surface area contributed by atoms with Gasteiger partial charge in [-0.25, -0.2) is 9.67 Å². The van der Waals surface area contributed by atoms with Crippen LogP contribution in [0, 0.1) is 11.8 Å². The average molecular weight is 596 g/mol. The first-order chi connectivity index (χ1) is 21.7. The Morgan fingerprint density at radius 2 is 1.30 bits per heavy atom. The number of hydrogen-bond donors (Lipinski definition) is 0. The number of ether oxygens (including phenoxy) is 2. The van der Waals surface area contributed by atoms with E-state index in [1.807, 2.05) is 48.5 Å². The van der Waals surface area contributed by atoms with Crippen LogP contribution in [0.15, 0.2) is 128 Å². The van der Waals surface area contributed by atoms with Gasteiger partial charge in [0.2, 0.25) is 5.88 Å². The van der Waals surface area contributed by atoms with Crippen LogP contribution in [0.5, 0.6) is 5.88 Å². The highest BCUT2D eigenvalue weighted by molar-refractivity contribution is 6.31. The van der Waals surface area contributed by atoms with Crippen LogP contribution in [0.1, 0.15) is 40.8 Å². The minimum atomic E-state index is -0.830. The topological polar surface area (TPSA) is 49.2 Å². The van der Waals surface area contributed by atoms with Gasteiger partial charge in [0.15, 0.2) is 0 Å². The van der Waals surface area contributed by atoms with Gasteiger partial charge < -0.3 is 9.47 Å². The van der Waals surface area contributed by atoms with E-state index in [4.69, 9.17) is 31.2 Å². The van der Waals surface area contributed by atoms with Crippen LogP contribution in [-0.2, 0) is 10.3 Å². The minimum absolute atomic E-state index is 0.00305. The van der Waals surface area contributed by atoms with E-state index >= 15 is 0 Å². The van der Waals surface area contributed by atoms with Crippen LogP contribution in [0.2, 0.25) is 5.02 Å². The van der Waals surface area contributed by atoms with Crippen molar-refractivity contribution in [3.8, 4) is 17.7 Å². The molecule has 3 heterocycles. The van der Waals surface area contributed by atoms with Crippen LogP contribution >= 0.6 is 11.6 Å². The average Bonchev–Trinajstić information content (AvgIpc) is 3.46. The number of aromatic nitrogens is 3. The van der Waals surface area contributed by atoms with Crippen molar-refractivity contribution in [3.05, 3.63) is 160 Å². The van der Waals surface area contributed by atoms with Crippen LogP contribution in [0.3, 0.4) is 0 Å². The molecule has 0 aliphatic carbocycles. The summed E-state index contributed by atoms with van der Waals surface area (Å²) < 4.78 is 14.3. The molecule has 1 aliphatic rings. The normalized spacial score (nSPS) is 13.8. The van der Waals surface area contributed by atoms with Gasteiger partial charge in [-0.3, -0.25) is 0 Å². The van der Waals surface area contributed by atoms with E-state index in [0.717, 1.165) is 46.0 Å². The Labute approximate surface area is 262 Å². The third-order valence-corrected chi connectivity index (χ3v) is 8.42. The maximum atomic E-state index is 6.59. The molecule has 5 nitrogen and oxygen atoms in total. The molecule has 4 aromatic carbocycles. The maximum absolute atomic E-state index is 6.59. The molecule has 0 spiro atoms. The molecule has 2 aromatic heterocycles. The van der Waals surface area contributed by atoms with Gasteiger partial charge in [0, 0.05) is 24.6 Å². The first-order valence-electron chi connectivity index (χ1n) is 14.8. The zero-order chi connectivity index (χ0) is 29.8. The number of benzene rings is 4. The monoisotopic (exact) mass is 595 g/mol. The standard InChI is InChI=1S/C38H30ClN3O2/c39-33-19-11-10-12-28(33)20-21-34-36-35(22-25-40-37(36)44-32-23-26-43-27-24-32)42(41-34)38(29-13-4-1-5-14-29,30-15-6-2-7-16-30)31-17-8-3-9-18-31/h1-19,22,25,32H,23-24,26-27H2. The molecule has 6 heteroatoms. The summed E-state index contributed by atoms with van der Waals surface area (Å²) in [4.78, 5) is 4.74. The van der Waals surface area contributed by atoms with Crippen molar-refractivity contribution in [2.75, 3.05) is 13.2 Å². The SMILES string of the molecule is Clc1ccccc1C#Cc1nn(C(c2ccccc2)(c2ccccc2)c2ccccc2)c2ccnc(OC3CCOCC3)c12. The molecule has 44 heavy (non-hydrogen) atoms. The summed E-state index contributed by atoms with van der Waals surface area (Å²) in [6, 6.07) is 41.1. The zero-order valence-corrected chi connectivity index (χ0v) is 24.8. The summed E-state index contributed by atoms with van der Waals surface area (Å²) in [6.07, 6.45) is 3.40. The fraction of sp³-hybridized carbons (Fsp3) is 0.158. The molecule has 0 atom stereocenters. The maximum Gasteiger partial charge on any atom is 0.226 e. The lowest BCUT2D eigenvalue weighted by atomic mass is 9.77. The molecule has 0 unspecified atom stereocenters. The van der Waals surface area contributed by atoms with Crippen LogP contribution < -0.4 is 4.74 Å². The Hall–Kier alpha value is -4.89. The summed E-state index contributed by atoms with van der Waals surface area (Å²) in [5, 5.41) is 6.70. The number of pyridine rings is 1. The summed E-state index contributed by atoms with van der Waals surface area (Å²) in [7, 11) is 0. The molecule has 0 saturated carbocycles. The van der Waals surface area contributed by atoms with Crippen molar-refractivity contribution in [1.29, 1.82) is 0 Å². The van der Waals surface area contributed by atoms with E-state index in [0.29, 0.717) is 29.8 Å². The number of fused-ring (bicyclic) bond motifs is 1. The van der Waals surface area contributed by atoms with Crippen molar-refractivity contribution in [2.24, 2.45) is 0 Å². The van der Waals surface area contributed by atoms with Crippen molar-refractivity contribution in [3.63, 3.8) is 0 Å². The highest BCUT2D eigenvalue weighted by Gasteiger charge is 2.41. The van der Waals surface area contributed by atoms with E-state index in [-0.39, 0.29) is 6.10 Å². The number of nitrogens with zero attached hydrogens (tertiary/aromatic N) is 3. The second-order valence-electron chi connectivity index (χ2n) is 10.7. The Morgan fingerprint density at radius 1 is 0.727 bits per heavy atom. The Kier molecular flexibility index (Phi) is 7.85. The lowest BCUT2D eigenvalue weighted by Gasteiger charge is -2.37. The molecule has 0 bridgehead atoms. The fourth-order valence-corrected chi connectivity index (χ4v) is 6.20. The fourth-order valence-electron chi connectivity index (χ4n) is 6.01. The second-order valence-corrected chi connectivity index (χ2v) is 11.1. The van der Waals surface area contributed by atoms with Gasteiger partial charge in [0.1, 0.15) is 17.3 Å². The second kappa shape index (κ2) is 12.4. The van der Waals surface area contributed by atoms with E-state index in [9.17, 15) is 0 Å². The van der Waals surface area contributed by atoms with Gasteiger partial charge in [0.25, 0.3) is 0 Å². The van der Waals surface area contributed by atoms with Crippen LogP contribution in [0.25, 0.3) is 10.9 Å². The Bertz CT molecular complexity index is 1840. The summed E-state index contributed by atoms with van der Waals surface area (Å²) >= 11 is 6.51. The van der Waals surface area contributed by atoms with Crippen LogP contribution in [0.4, 0.5) is 0 Å². The molecular formula is C38H30ClN3O2. The first-order valence-corrected chi connectivity index (χ1v) is 15.2. The lowest BCUT2D eigenvalue weighted by Crippen LogP contribution is -2.38. The minimum Gasteiger partial charge on any atom is -0.474 e. The highest BCUT2D eigenvalue weighted by Crippen LogP contribution is 2.43. The zero-order valence-electron chi connectivity index (χ0n) is 24.1. The third kappa shape index (κ3) is 5.13. The third-order valence-electron chi connectivity index (χ3n) is 8.09. The van der Waals surface area contributed by atoms with Gasteiger partial charge >= 0.3 is 0 Å². The van der Waals surface area contributed by atoms with Crippen molar-refractivity contribution < 1.29 is 9.47 Å². The van der Waals surface area contributed by atoms with E-state index in [2.05, 4.69) is 89.3 Å². The van der Waals surface area contributed by atoms with Crippen molar-refractivity contribution in [1.82, 2.24) is 14.8 Å². The van der Waals surface area contributed by atoms with Crippen molar-refractivity contribution in [2.45, 2.75) is 24.5 Å². The molecule has 1 saturated heterocycles. The number of halogens is 1. The highest BCUT2D eigenvalue weighted by atomic mass is 35.5. The molecular weight excluding hydrogens is 566 g/mol. The van der Waals surface area contributed by atoms with E-state index in [1.165, 1.54) is 0 Å². The molecule has 1 fully saturated rings. The quantitative estimate of drug-likeness (QED) is 0.145. The predicted octanol–water partition coefficient (Wildman–Crippen LogP) is 7.88. The summed E-state index contributed by atoms with van der Waals surface area (Å²) in [6.45, 7) is 1.33.